The average molecular weight is 369 g/mol. The Labute approximate surface area is 151 Å². The molecule has 0 saturated heterocycles. The molecule has 0 radical (unpaired) electrons. The van der Waals surface area contributed by atoms with E-state index in [0.717, 1.165) is 11.8 Å². The van der Waals surface area contributed by atoms with Gasteiger partial charge in [-0.05, 0) is 42.5 Å². The van der Waals surface area contributed by atoms with Crippen LogP contribution in [0.4, 0.5) is 0 Å². The van der Waals surface area contributed by atoms with E-state index in [1.807, 2.05) is 0 Å². The molecule has 132 valence electrons. The van der Waals surface area contributed by atoms with Crippen LogP contribution in [0.5, 0.6) is 0 Å². The number of nitrogens with zero attached hydrogens (tertiary/aromatic N) is 2. The van der Waals surface area contributed by atoms with E-state index in [2.05, 4.69) is 15.2 Å². The topological polar surface area (TPSA) is 135 Å². The molecule has 3 aromatic rings. The number of aliphatic carboxylic acids is 1. The quantitative estimate of drug-likeness (QED) is 0.493. The highest BCUT2D eigenvalue weighted by atomic mass is 32.2. The fourth-order valence-electron chi connectivity index (χ4n) is 2.08. The summed E-state index contributed by atoms with van der Waals surface area (Å²) in [5.74, 6) is -1.34. The lowest BCUT2D eigenvalue weighted by Gasteiger charge is -2.04. The van der Waals surface area contributed by atoms with Crippen molar-refractivity contribution in [1.29, 1.82) is 0 Å². The maximum absolute atomic E-state index is 11.3. The average Bonchev–Trinajstić information content (AvgIpc) is 3.23. The number of carbonyl (C=O) groups is 2. The van der Waals surface area contributed by atoms with Crippen LogP contribution in [0, 0.1) is 6.92 Å². The first-order valence-electron chi connectivity index (χ1n) is 7.34. The van der Waals surface area contributed by atoms with Gasteiger partial charge in [-0.25, -0.2) is 4.98 Å². The van der Waals surface area contributed by atoms with Crippen LogP contribution in [0.3, 0.4) is 0 Å². The molecule has 0 atom stereocenters. The molecular weight excluding hydrogens is 358 g/mol. The molecule has 0 spiro atoms. The molecule has 3 rings (SSSR count). The predicted octanol–water partition coefficient (Wildman–Crippen LogP) is 0.620. The number of carboxylic acids is 2. The lowest BCUT2D eigenvalue weighted by Crippen LogP contribution is -2.23. The SMILES string of the molecule is Cc1nc(S/C(=C/c2ccc(-c3ccc(C(=O)[O-])cc3)o2)C(=O)[O-])n[nH]1. The van der Waals surface area contributed by atoms with Crippen molar-refractivity contribution < 1.29 is 24.2 Å². The Morgan fingerprint density at radius 3 is 2.46 bits per heavy atom. The van der Waals surface area contributed by atoms with E-state index in [1.54, 1.807) is 31.2 Å². The minimum absolute atomic E-state index is 0.0536. The van der Waals surface area contributed by atoms with Gasteiger partial charge in [-0.2, -0.15) is 0 Å². The van der Waals surface area contributed by atoms with Crippen LogP contribution < -0.4 is 10.2 Å². The number of H-pyrrole nitrogens is 1. The Hall–Kier alpha value is -3.33. The summed E-state index contributed by atoms with van der Waals surface area (Å²) in [6.45, 7) is 1.70. The zero-order valence-electron chi connectivity index (χ0n) is 13.4. The van der Waals surface area contributed by atoms with Gasteiger partial charge in [0.15, 0.2) is 0 Å². The Balaban J connectivity index is 1.83. The van der Waals surface area contributed by atoms with Crippen molar-refractivity contribution in [1.82, 2.24) is 15.2 Å². The van der Waals surface area contributed by atoms with Crippen LogP contribution in [0.15, 0.2) is 50.9 Å². The third-order valence-electron chi connectivity index (χ3n) is 3.28. The van der Waals surface area contributed by atoms with Crippen molar-refractivity contribution in [2.24, 2.45) is 0 Å². The van der Waals surface area contributed by atoms with E-state index >= 15 is 0 Å². The number of furan rings is 1. The Bertz CT molecular complexity index is 988. The summed E-state index contributed by atoms with van der Waals surface area (Å²) in [6, 6.07) is 9.18. The molecule has 0 aliphatic heterocycles. The number of carbonyl (C=O) groups excluding carboxylic acids is 2. The van der Waals surface area contributed by atoms with Crippen LogP contribution in [0.1, 0.15) is 21.9 Å². The van der Waals surface area contributed by atoms with E-state index in [-0.39, 0.29) is 15.6 Å². The van der Waals surface area contributed by atoms with Crippen LogP contribution in [-0.4, -0.2) is 27.1 Å². The first-order chi connectivity index (χ1) is 12.4. The van der Waals surface area contributed by atoms with Crippen molar-refractivity contribution in [2.45, 2.75) is 12.1 Å². The largest absolute Gasteiger partial charge is 0.545 e. The lowest BCUT2D eigenvalue weighted by molar-refractivity contribution is -0.298. The van der Waals surface area contributed by atoms with Crippen molar-refractivity contribution in [3.63, 3.8) is 0 Å². The third kappa shape index (κ3) is 4.01. The number of benzene rings is 1. The highest BCUT2D eigenvalue weighted by molar-refractivity contribution is 8.04. The van der Waals surface area contributed by atoms with Gasteiger partial charge in [0.2, 0.25) is 5.16 Å². The number of hydrogen-bond acceptors (Lipinski definition) is 8. The fraction of sp³-hybridized carbons (Fsp3) is 0.0588. The van der Waals surface area contributed by atoms with E-state index < -0.39 is 11.9 Å². The summed E-state index contributed by atoms with van der Waals surface area (Å²) in [5.41, 5.74) is 0.694. The van der Waals surface area contributed by atoms with Gasteiger partial charge in [0.25, 0.3) is 0 Å². The molecule has 0 aliphatic rings. The molecule has 8 nitrogen and oxygen atoms in total. The third-order valence-corrected chi connectivity index (χ3v) is 4.15. The highest BCUT2D eigenvalue weighted by Gasteiger charge is 2.10. The number of aromatic nitrogens is 3. The number of aromatic carboxylic acids is 1. The number of aromatic amines is 1. The number of aryl methyl sites for hydroxylation is 1. The summed E-state index contributed by atoms with van der Waals surface area (Å²) in [4.78, 5) is 26.0. The molecule has 0 bridgehead atoms. The van der Waals surface area contributed by atoms with Gasteiger partial charge in [0.1, 0.15) is 17.3 Å². The zero-order chi connectivity index (χ0) is 18.7. The van der Waals surface area contributed by atoms with Crippen molar-refractivity contribution in [2.75, 3.05) is 0 Å². The maximum Gasteiger partial charge on any atom is 0.213 e. The van der Waals surface area contributed by atoms with Gasteiger partial charge >= 0.3 is 0 Å². The molecule has 0 amide bonds. The molecule has 26 heavy (non-hydrogen) atoms. The van der Waals surface area contributed by atoms with Crippen molar-refractivity contribution in [3.05, 3.63) is 58.5 Å². The van der Waals surface area contributed by atoms with Crippen molar-refractivity contribution in [3.8, 4) is 11.3 Å². The maximum atomic E-state index is 11.3. The first kappa shape index (κ1) is 17.5. The number of hydrogen-bond donors (Lipinski definition) is 1. The van der Waals surface area contributed by atoms with Gasteiger partial charge in [-0.3, -0.25) is 5.10 Å². The van der Waals surface area contributed by atoms with E-state index in [1.165, 1.54) is 18.2 Å². The number of nitrogens with one attached hydrogen (secondary N) is 1. The molecule has 0 aliphatic carbocycles. The smallest absolute Gasteiger partial charge is 0.213 e. The van der Waals surface area contributed by atoms with Crippen LogP contribution in [0.2, 0.25) is 0 Å². The summed E-state index contributed by atoms with van der Waals surface area (Å²) in [7, 11) is 0. The Morgan fingerprint density at radius 1 is 1.15 bits per heavy atom. The monoisotopic (exact) mass is 369 g/mol. The summed E-state index contributed by atoms with van der Waals surface area (Å²) in [5, 5.41) is 28.8. The molecule has 2 aromatic heterocycles. The second-order valence-corrected chi connectivity index (χ2v) is 6.18. The second-order valence-electron chi connectivity index (χ2n) is 5.17. The van der Waals surface area contributed by atoms with Gasteiger partial charge < -0.3 is 24.2 Å². The van der Waals surface area contributed by atoms with Crippen molar-refractivity contribution >= 4 is 29.8 Å². The number of carboxylic acid groups (broad SMARTS) is 2. The summed E-state index contributed by atoms with van der Waals surface area (Å²) >= 11 is 0.836. The number of thioether (sulfide) groups is 1. The van der Waals surface area contributed by atoms with E-state index in [9.17, 15) is 19.8 Å². The van der Waals surface area contributed by atoms with Gasteiger partial charge in [0, 0.05) is 10.5 Å². The molecule has 1 aromatic carbocycles. The summed E-state index contributed by atoms with van der Waals surface area (Å²) < 4.78 is 5.60. The highest BCUT2D eigenvalue weighted by Crippen LogP contribution is 2.28. The van der Waals surface area contributed by atoms with E-state index in [0.29, 0.717) is 22.9 Å². The van der Waals surface area contributed by atoms with Crippen LogP contribution in [-0.2, 0) is 4.79 Å². The Morgan fingerprint density at radius 2 is 1.88 bits per heavy atom. The molecule has 0 saturated carbocycles. The molecule has 1 N–H and O–H groups in total. The second kappa shape index (κ2) is 7.28. The minimum atomic E-state index is -1.38. The molecule has 0 fully saturated rings. The fourth-order valence-corrected chi connectivity index (χ4v) is 2.81. The first-order valence-corrected chi connectivity index (χ1v) is 8.15. The molecule has 9 heteroatoms. The van der Waals surface area contributed by atoms with Gasteiger partial charge in [-0.15, -0.1) is 5.10 Å². The van der Waals surface area contributed by atoms with Crippen LogP contribution in [0.25, 0.3) is 17.4 Å². The number of rotatable bonds is 6. The Kier molecular flexibility index (Phi) is 4.90. The minimum Gasteiger partial charge on any atom is -0.545 e. The normalized spacial score (nSPS) is 11.5. The van der Waals surface area contributed by atoms with Gasteiger partial charge in [-0.1, -0.05) is 24.3 Å². The summed E-state index contributed by atoms with van der Waals surface area (Å²) in [6.07, 6.45) is 1.31. The molecule has 0 unspecified atom stereocenters. The van der Waals surface area contributed by atoms with Gasteiger partial charge in [0.05, 0.1) is 11.9 Å². The predicted molar refractivity (Wildman–Crippen MR) is 88.4 cm³/mol. The molecule has 2 heterocycles. The van der Waals surface area contributed by atoms with Crippen LogP contribution >= 0.6 is 11.8 Å². The lowest BCUT2D eigenvalue weighted by atomic mass is 10.1. The zero-order valence-corrected chi connectivity index (χ0v) is 14.2. The standard InChI is InChI=1S/C17H13N3O5S/c1-9-18-17(20-19-9)26-14(16(23)24)8-12-6-7-13(25-12)10-2-4-11(5-3-10)15(21)22/h2-8H,1H3,(H,21,22)(H,23,24)(H,18,19,20)/p-2/b14-8+. The van der Waals surface area contributed by atoms with E-state index in [4.69, 9.17) is 4.42 Å². The molecular formula is C17H11N3O5S-2.